The number of rotatable bonds is 6. The molecule has 0 fully saturated rings. The van der Waals surface area contributed by atoms with Gasteiger partial charge in [0, 0.05) is 23.7 Å². The Bertz CT molecular complexity index is 780. The van der Waals surface area contributed by atoms with Crippen molar-refractivity contribution < 1.29 is 5.11 Å². The van der Waals surface area contributed by atoms with Crippen LogP contribution in [-0.2, 0) is 20.1 Å². The maximum absolute atomic E-state index is 9.23. The van der Waals surface area contributed by atoms with Crippen molar-refractivity contribution in [2.45, 2.75) is 13.1 Å². The lowest BCUT2D eigenvalue weighted by Gasteiger charge is -2.08. The Morgan fingerprint density at radius 2 is 2.04 bits per heavy atom. The normalized spacial score (nSPS) is 10.9. The molecule has 0 amide bonds. The Labute approximate surface area is 138 Å². The van der Waals surface area contributed by atoms with Crippen molar-refractivity contribution >= 4 is 17.4 Å². The minimum atomic E-state index is 0.0175. The first kappa shape index (κ1) is 15.5. The molecule has 0 spiro atoms. The summed E-state index contributed by atoms with van der Waals surface area (Å²) in [6.07, 6.45) is 1.71. The molecule has 2 N–H and O–H groups in total. The molecule has 0 saturated heterocycles. The summed E-state index contributed by atoms with van der Waals surface area (Å²) in [7, 11) is 1.84. The minimum absolute atomic E-state index is 0.0175. The van der Waals surface area contributed by atoms with E-state index in [-0.39, 0.29) is 6.61 Å². The number of aliphatic hydroxyl groups excluding tert-OH is 1. The van der Waals surface area contributed by atoms with Crippen LogP contribution in [0.5, 0.6) is 0 Å². The highest BCUT2D eigenvalue weighted by Crippen LogP contribution is 2.23. The minimum Gasteiger partial charge on any atom is -0.394 e. The molecule has 0 saturated carbocycles. The van der Waals surface area contributed by atoms with Crippen LogP contribution in [0.25, 0.3) is 11.3 Å². The van der Waals surface area contributed by atoms with Crippen molar-refractivity contribution in [2.75, 3.05) is 11.9 Å². The molecule has 0 aliphatic carbocycles. The number of nitrogens with zero attached hydrogens (tertiary/aromatic N) is 5. The summed E-state index contributed by atoms with van der Waals surface area (Å²) in [6.45, 7) is 1.00. The average Bonchev–Trinajstić information content (AvgIpc) is 3.13. The highest BCUT2D eigenvalue weighted by Gasteiger charge is 2.10. The fraction of sp³-hybridized carbons (Fsp3) is 0.267. The Hall–Kier alpha value is -2.38. The second-order valence-electron chi connectivity index (χ2n) is 5.07. The first-order valence-corrected chi connectivity index (χ1v) is 7.57. The molecule has 3 aromatic rings. The number of aliphatic hydroxyl groups is 1. The van der Waals surface area contributed by atoms with Gasteiger partial charge in [0.15, 0.2) is 0 Å². The fourth-order valence-corrected chi connectivity index (χ4v) is 2.36. The van der Waals surface area contributed by atoms with Gasteiger partial charge in [-0.05, 0) is 12.1 Å². The maximum Gasteiger partial charge on any atom is 0.125 e. The first-order chi connectivity index (χ1) is 11.2. The molecule has 0 unspecified atom stereocenters. The topological polar surface area (TPSA) is 80.8 Å². The van der Waals surface area contributed by atoms with Gasteiger partial charge in [0.25, 0.3) is 0 Å². The number of benzene rings is 1. The van der Waals surface area contributed by atoms with Crippen molar-refractivity contribution in [3.63, 3.8) is 0 Å². The summed E-state index contributed by atoms with van der Waals surface area (Å²) in [5.41, 5.74) is 2.74. The van der Waals surface area contributed by atoms with Gasteiger partial charge in [0.1, 0.15) is 5.82 Å². The van der Waals surface area contributed by atoms with Crippen molar-refractivity contribution in [1.82, 2.24) is 24.8 Å². The van der Waals surface area contributed by atoms with Gasteiger partial charge >= 0.3 is 0 Å². The standard InChI is InChI=1S/C15H17ClN6O/c1-21-13(10-18-20-21)9-17-15-8-14(19-22(15)6-7-23)11-2-4-12(16)5-3-11/h2-5,8,10,17,23H,6-7,9H2,1H3. The van der Waals surface area contributed by atoms with Crippen LogP contribution in [-0.4, -0.2) is 36.5 Å². The molecule has 7 nitrogen and oxygen atoms in total. The summed E-state index contributed by atoms with van der Waals surface area (Å²) >= 11 is 5.92. The van der Waals surface area contributed by atoms with Gasteiger partial charge in [-0.1, -0.05) is 28.9 Å². The van der Waals surface area contributed by atoms with E-state index in [1.165, 1.54) is 0 Å². The Morgan fingerprint density at radius 3 is 2.70 bits per heavy atom. The molecule has 0 aliphatic rings. The van der Waals surface area contributed by atoms with Crippen LogP contribution in [0.3, 0.4) is 0 Å². The van der Waals surface area contributed by atoms with Crippen molar-refractivity contribution in [3.05, 3.63) is 47.2 Å². The van der Waals surface area contributed by atoms with Crippen LogP contribution < -0.4 is 5.32 Å². The molecule has 0 bridgehead atoms. The summed E-state index contributed by atoms with van der Waals surface area (Å²) in [5, 5.41) is 25.5. The van der Waals surface area contributed by atoms with E-state index in [4.69, 9.17) is 11.6 Å². The van der Waals surface area contributed by atoms with E-state index in [1.807, 2.05) is 37.4 Å². The summed E-state index contributed by atoms with van der Waals surface area (Å²) in [5.74, 6) is 0.824. The molecule has 8 heteroatoms. The van der Waals surface area contributed by atoms with Crippen molar-refractivity contribution in [3.8, 4) is 11.3 Å². The van der Waals surface area contributed by atoms with Gasteiger partial charge in [0.05, 0.1) is 37.3 Å². The zero-order valence-corrected chi connectivity index (χ0v) is 13.4. The third kappa shape index (κ3) is 3.52. The lowest BCUT2D eigenvalue weighted by molar-refractivity contribution is 0.270. The molecule has 1 aromatic carbocycles. The van der Waals surface area contributed by atoms with E-state index < -0.39 is 0 Å². The number of aryl methyl sites for hydroxylation is 1. The smallest absolute Gasteiger partial charge is 0.125 e. The van der Waals surface area contributed by atoms with Crippen LogP contribution in [0.15, 0.2) is 36.5 Å². The molecular formula is C15H17ClN6O. The number of nitrogens with one attached hydrogen (secondary N) is 1. The number of hydrogen-bond donors (Lipinski definition) is 2. The van der Waals surface area contributed by atoms with E-state index in [0.717, 1.165) is 22.8 Å². The zero-order chi connectivity index (χ0) is 16.2. The molecule has 2 heterocycles. The molecular weight excluding hydrogens is 316 g/mol. The van der Waals surface area contributed by atoms with Crippen LogP contribution in [0.4, 0.5) is 5.82 Å². The quantitative estimate of drug-likeness (QED) is 0.721. The van der Waals surface area contributed by atoms with Gasteiger partial charge < -0.3 is 10.4 Å². The summed E-state index contributed by atoms with van der Waals surface area (Å²) in [4.78, 5) is 0. The molecule has 2 aromatic heterocycles. The van der Waals surface area contributed by atoms with E-state index in [1.54, 1.807) is 15.6 Å². The third-order valence-corrected chi connectivity index (χ3v) is 3.74. The molecule has 3 rings (SSSR count). The number of aromatic nitrogens is 5. The van der Waals surface area contributed by atoms with Crippen molar-refractivity contribution in [2.24, 2.45) is 7.05 Å². The first-order valence-electron chi connectivity index (χ1n) is 7.19. The highest BCUT2D eigenvalue weighted by atomic mass is 35.5. The summed E-state index contributed by atoms with van der Waals surface area (Å²) in [6, 6.07) is 9.45. The predicted octanol–water partition coefficient (Wildman–Crippen LogP) is 1.94. The molecule has 0 aliphatic heterocycles. The van der Waals surface area contributed by atoms with Gasteiger partial charge in [0.2, 0.25) is 0 Å². The highest BCUT2D eigenvalue weighted by molar-refractivity contribution is 6.30. The fourth-order valence-electron chi connectivity index (χ4n) is 2.24. The van der Waals surface area contributed by atoms with E-state index in [9.17, 15) is 5.11 Å². The second kappa shape index (κ2) is 6.80. The Balaban J connectivity index is 1.83. The van der Waals surface area contributed by atoms with Gasteiger partial charge in [-0.15, -0.1) is 5.10 Å². The lowest BCUT2D eigenvalue weighted by atomic mass is 10.1. The van der Waals surface area contributed by atoms with E-state index in [0.29, 0.717) is 18.1 Å². The van der Waals surface area contributed by atoms with Crippen LogP contribution >= 0.6 is 11.6 Å². The Kier molecular flexibility index (Phi) is 4.59. The number of hydrogen-bond acceptors (Lipinski definition) is 5. The van der Waals surface area contributed by atoms with Crippen molar-refractivity contribution in [1.29, 1.82) is 0 Å². The van der Waals surface area contributed by atoms with Crippen LogP contribution in [0.1, 0.15) is 5.69 Å². The van der Waals surface area contributed by atoms with Gasteiger partial charge in [-0.2, -0.15) is 5.10 Å². The average molecular weight is 333 g/mol. The lowest BCUT2D eigenvalue weighted by Crippen LogP contribution is -2.11. The maximum atomic E-state index is 9.23. The third-order valence-electron chi connectivity index (χ3n) is 3.49. The number of anilines is 1. The molecule has 120 valence electrons. The monoisotopic (exact) mass is 332 g/mol. The van der Waals surface area contributed by atoms with Crippen LogP contribution in [0, 0.1) is 0 Å². The molecule has 0 atom stereocenters. The van der Waals surface area contributed by atoms with E-state index >= 15 is 0 Å². The zero-order valence-electron chi connectivity index (χ0n) is 12.6. The summed E-state index contributed by atoms with van der Waals surface area (Å²) < 4.78 is 3.45. The Morgan fingerprint density at radius 1 is 1.26 bits per heavy atom. The molecule has 0 radical (unpaired) electrons. The van der Waals surface area contributed by atoms with Gasteiger partial charge in [-0.25, -0.2) is 4.68 Å². The van der Waals surface area contributed by atoms with E-state index in [2.05, 4.69) is 20.7 Å². The number of halogens is 1. The predicted molar refractivity (Wildman–Crippen MR) is 88.1 cm³/mol. The largest absolute Gasteiger partial charge is 0.394 e. The molecule has 23 heavy (non-hydrogen) atoms. The SMILES string of the molecule is Cn1nncc1CNc1cc(-c2ccc(Cl)cc2)nn1CCO. The van der Waals surface area contributed by atoms with Gasteiger partial charge in [-0.3, -0.25) is 4.68 Å². The van der Waals surface area contributed by atoms with Crippen LogP contribution in [0.2, 0.25) is 5.02 Å². The second-order valence-corrected chi connectivity index (χ2v) is 5.51.